The first-order chi connectivity index (χ1) is 11.7. The molecule has 3 rings (SSSR count). The molecular weight excluding hydrogens is 308 g/mol. The quantitative estimate of drug-likeness (QED) is 0.729. The Kier molecular flexibility index (Phi) is 4.56. The van der Waals surface area contributed by atoms with Gasteiger partial charge in [0.1, 0.15) is 17.0 Å². The minimum atomic E-state index is -0.486. The lowest BCUT2D eigenvalue weighted by molar-refractivity contribution is -0.145. The van der Waals surface area contributed by atoms with E-state index in [4.69, 9.17) is 9.47 Å². The van der Waals surface area contributed by atoms with E-state index in [1.165, 1.54) is 0 Å². The molecule has 0 fully saturated rings. The normalized spacial score (nSPS) is 10.5. The molecule has 0 radical (unpaired) electrons. The highest BCUT2D eigenvalue weighted by Gasteiger charge is 2.12. The summed E-state index contributed by atoms with van der Waals surface area (Å²) in [6, 6.07) is 14.5. The van der Waals surface area contributed by atoms with E-state index in [2.05, 4.69) is 9.97 Å². The molecule has 0 atom stereocenters. The largest absolute Gasteiger partial charge is 0.481 e. The molecule has 0 aliphatic rings. The van der Waals surface area contributed by atoms with Crippen LogP contribution in [0.5, 0.6) is 5.75 Å². The fourth-order valence-electron chi connectivity index (χ4n) is 2.36. The maximum atomic E-state index is 12.4. The van der Waals surface area contributed by atoms with Gasteiger partial charge in [0.25, 0.3) is 5.56 Å². The van der Waals surface area contributed by atoms with Crippen LogP contribution in [0.25, 0.3) is 22.3 Å². The number of nitrogens with zero attached hydrogens (tertiary/aromatic N) is 1. The summed E-state index contributed by atoms with van der Waals surface area (Å²) in [5, 5.41) is 0.307. The lowest BCUT2D eigenvalue weighted by Crippen LogP contribution is -2.16. The van der Waals surface area contributed by atoms with Gasteiger partial charge in [0, 0.05) is 5.56 Å². The van der Waals surface area contributed by atoms with Gasteiger partial charge in [-0.2, -0.15) is 4.98 Å². The van der Waals surface area contributed by atoms with Crippen LogP contribution in [0.4, 0.5) is 0 Å². The zero-order chi connectivity index (χ0) is 16.9. The SMILES string of the molecule is CCOC(=O)COc1cccc2[nH]c(-c3ccccc3)nc(=O)c12. The van der Waals surface area contributed by atoms with E-state index in [0.717, 1.165) is 5.56 Å². The number of carbonyl (C=O) groups is 1. The molecule has 6 heteroatoms. The predicted octanol–water partition coefficient (Wildman–Crippen LogP) is 2.53. The van der Waals surface area contributed by atoms with Crippen molar-refractivity contribution in [3.63, 3.8) is 0 Å². The number of carbonyl (C=O) groups excluding carboxylic acids is 1. The second-order valence-electron chi connectivity index (χ2n) is 5.03. The Morgan fingerprint density at radius 1 is 1.12 bits per heavy atom. The van der Waals surface area contributed by atoms with Crippen molar-refractivity contribution in [3.05, 3.63) is 58.9 Å². The van der Waals surface area contributed by atoms with Gasteiger partial charge in [0.2, 0.25) is 0 Å². The summed E-state index contributed by atoms with van der Waals surface area (Å²) in [7, 11) is 0. The predicted molar refractivity (Wildman–Crippen MR) is 89.9 cm³/mol. The molecule has 6 nitrogen and oxygen atoms in total. The lowest BCUT2D eigenvalue weighted by Gasteiger charge is -2.09. The molecule has 1 aromatic heterocycles. The number of benzene rings is 2. The fourth-order valence-corrected chi connectivity index (χ4v) is 2.36. The van der Waals surface area contributed by atoms with E-state index in [1.54, 1.807) is 25.1 Å². The van der Waals surface area contributed by atoms with Crippen LogP contribution < -0.4 is 10.3 Å². The Morgan fingerprint density at radius 3 is 2.67 bits per heavy atom. The highest BCUT2D eigenvalue weighted by molar-refractivity contribution is 5.86. The van der Waals surface area contributed by atoms with E-state index in [-0.39, 0.29) is 13.2 Å². The molecule has 0 aliphatic carbocycles. The van der Waals surface area contributed by atoms with Gasteiger partial charge in [-0.3, -0.25) is 4.79 Å². The summed E-state index contributed by atoms with van der Waals surface area (Å²) in [5.41, 5.74) is 0.992. The molecule has 0 bridgehead atoms. The van der Waals surface area contributed by atoms with Crippen molar-refractivity contribution in [2.45, 2.75) is 6.92 Å². The maximum Gasteiger partial charge on any atom is 0.344 e. The van der Waals surface area contributed by atoms with Gasteiger partial charge in [-0.05, 0) is 19.1 Å². The van der Waals surface area contributed by atoms with Gasteiger partial charge in [0.15, 0.2) is 6.61 Å². The average Bonchev–Trinajstić information content (AvgIpc) is 2.60. The van der Waals surface area contributed by atoms with Crippen LogP contribution >= 0.6 is 0 Å². The number of ether oxygens (including phenoxy) is 2. The van der Waals surface area contributed by atoms with E-state index in [9.17, 15) is 9.59 Å². The number of rotatable bonds is 5. The smallest absolute Gasteiger partial charge is 0.344 e. The average molecular weight is 324 g/mol. The van der Waals surface area contributed by atoms with Crippen LogP contribution in [0.1, 0.15) is 6.92 Å². The van der Waals surface area contributed by atoms with Crippen molar-refractivity contribution in [3.8, 4) is 17.1 Å². The van der Waals surface area contributed by atoms with Gasteiger partial charge in [-0.15, -0.1) is 0 Å². The third-order valence-corrected chi connectivity index (χ3v) is 3.40. The summed E-state index contributed by atoms with van der Waals surface area (Å²) < 4.78 is 10.2. The van der Waals surface area contributed by atoms with E-state index in [1.807, 2.05) is 30.3 Å². The Hall–Kier alpha value is -3.15. The number of hydrogen-bond donors (Lipinski definition) is 1. The van der Waals surface area contributed by atoms with Crippen molar-refractivity contribution in [1.82, 2.24) is 9.97 Å². The Balaban J connectivity index is 1.99. The molecule has 0 amide bonds. The maximum absolute atomic E-state index is 12.4. The minimum Gasteiger partial charge on any atom is -0.481 e. The number of hydrogen-bond acceptors (Lipinski definition) is 5. The zero-order valence-corrected chi connectivity index (χ0v) is 13.1. The molecule has 1 heterocycles. The molecule has 122 valence electrons. The third-order valence-electron chi connectivity index (χ3n) is 3.40. The number of esters is 1. The molecule has 3 aromatic rings. The molecule has 0 aliphatic heterocycles. The van der Waals surface area contributed by atoms with Gasteiger partial charge in [0.05, 0.1) is 12.1 Å². The van der Waals surface area contributed by atoms with Gasteiger partial charge in [-0.1, -0.05) is 36.4 Å². The lowest BCUT2D eigenvalue weighted by atomic mass is 10.2. The first kappa shape index (κ1) is 15.7. The fraction of sp³-hybridized carbons (Fsp3) is 0.167. The van der Waals surface area contributed by atoms with Crippen molar-refractivity contribution in [2.24, 2.45) is 0 Å². The highest BCUT2D eigenvalue weighted by Crippen LogP contribution is 2.23. The van der Waals surface area contributed by atoms with E-state index < -0.39 is 11.5 Å². The summed E-state index contributed by atoms with van der Waals surface area (Å²) >= 11 is 0. The molecule has 24 heavy (non-hydrogen) atoms. The van der Waals surface area contributed by atoms with Crippen LogP contribution in [0.15, 0.2) is 53.3 Å². The first-order valence-electron chi connectivity index (χ1n) is 7.56. The standard InChI is InChI=1S/C18H16N2O4/c1-2-23-15(21)11-24-14-10-6-9-13-16(14)18(22)20-17(19-13)12-7-4-3-5-8-12/h3-10H,2,11H2,1H3,(H,19,20,22). The molecule has 0 spiro atoms. The van der Waals surface area contributed by atoms with Crippen LogP contribution in [0.3, 0.4) is 0 Å². The van der Waals surface area contributed by atoms with Crippen LogP contribution in [0.2, 0.25) is 0 Å². The number of nitrogens with one attached hydrogen (secondary N) is 1. The Bertz CT molecular complexity index is 919. The molecule has 0 saturated heterocycles. The first-order valence-corrected chi connectivity index (χ1v) is 7.56. The van der Waals surface area contributed by atoms with Crippen LogP contribution in [0, 0.1) is 0 Å². The molecular formula is C18H16N2O4. The molecule has 2 aromatic carbocycles. The molecule has 0 unspecified atom stereocenters. The van der Waals surface area contributed by atoms with Gasteiger partial charge in [-0.25, -0.2) is 4.79 Å². The second-order valence-corrected chi connectivity index (χ2v) is 5.03. The summed E-state index contributed by atoms with van der Waals surface area (Å²) in [5.74, 6) is 0.296. The Morgan fingerprint density at radius 2 is 1.92 bits per heavy atom. The second kappa shape index (κ2) is 6.95. The summed E-state index contributed by atoms with van der Waals surface area (Å²) in [4.78, 5) is 31.1. The van der Waals surface area contributed by atoms with Crippen LogP contribution in [-0.2, 0) is 9.53 Å². The summed E-state index contributed by atoms with van der Waals surface area (Å²) in [6.07, 6.45) is 0. The van der Waals surface area contributed by atoms with E-state index >= 15 is 0 Å². The van der Waals surface area contributed by atoms with E-state index in [0.29, 0.717) is 22.5 Å². The summed E-state index contributed by atoms with van der Waals surface area (Å²) in [6.45, 7) is 1.74. The van der Waals surface area contributed by atoms with Crippen LogP contribution in [-0.4, -0.2) is 29.2 Å². The number of H-pyrrole nitrogens is 1. The van der Waals surface area contributed by atoms with Crippen molar-refractivity contribution >= 4 is 16.9 Å². The molecule has 0 saturated carbocycles. The number of fused-ring (bicyclic) bond motifs is 1. The van der Waals surface area contributed by atoms with Gasteiger partial charge < -0.3 is 14.5 Å². The zero-order valence-electron chi connectivity index (χ0n) is 13.1. The minimum absolute atomic E-state index is 0.257. The van der Waals surface area contributed by atoms with Gasteiger partial charge >= 0.3 is 5.97 Å². The van der Waals surface area contributed by atoms with Crippen molar-refractivity contribution < 1.29 is 14.3 Å². The molecule has 1 N–H and O–H groups in total. The Labute approximate surface area is 138 Å². The number of aromatic amines is 1. The van der Waals surface area contributed by atoms with Crippen molar-refractivity contribution in [2.75, 3.05) is 13.2 Å². The third kappa shape index (κ3) is 3.27. The van der Waals surface area contributed by atoms with Crippen molar-refractivity contribution in [1.29, 1.82) is 0 Å². The topological polar surface area (TPSA) is 81.3 Å². The monoisotopic (exact) mass is 324 g/mol. The highest BCUT2D eigenvalue weighted by atomic mass is 16.6. The number of aromatic nitrogens is 2.